The molecule has 4 nitrogen and oxygen atoms in total. The van der Waals surface area contributed by atoms with Crippen LogP contribution < -0.4 is 10.5 Å². The van der Waals surface area contributed by atoms with Crippen LogP contribution in [0.3, 0.4) is 0 Å². The molecule has 0 unspecified atom stereocenters. The Hall–Kier alpha value is -0.150. The SMILES string of the molecule is CSC1(CNS(=O)(=O)c2cc(Br)cc(CN)c2F)CC1. The molecule has 0 saturated heterocycles. The molecule has 3 N–H and O–H groups in total. The molecule has 1 aromatic rings. The molecule has 1 saturated carbocycles. The van der Waals surface area contributed by atoms with Crippen LogP contribution in [-0.2, 0) is 16.6 Å². The van der Waals surface area contributed by atoms with Crippen molar-refractivity contribution in [2.75, 3.05) is 12.8 Å². The lowest BCUT2D eigenvalue weighted by Gasteiger charge is -2.15. The monoisotopic (exact) mass is 382 g/mol. The van der Waals surface area contributed by atoms with Gasteiger partial charge in [0.05, 0.1) is 0 Å². The molecule has 0 bridgehead atoms. The summed E-state index contributed by atoms with van der Waals surface area (Å²) in [5.74, 6) is -0.780. The van der Waals surface area contributed by atoms with E-state index in [4.69, 9.17) is 5.73 Å². The van der Waals surface area contributed by atoms with Crippen LogP contribution in [0.5, 0.6) is 0 Å². The number of nitrogens with one attached hydrogen (secondary N) is 1. The Kier molecular flexibility index (Phi) is 4.80. The second kappa shape index (κ2) is 5.92. The fourth-order valence-corrected chi connectivity index (χ4v) is 4.61. The number of sulfonamides is 1. The van der Waals surface area contributed by atoms with Crippen molar-refractivity contribution in [3.63, 3.8) is 0 Å². The van der Waals surface area contributed by atoms with Crippen molar-refractivity contribution in [3.05, 3.63) is 28.0 Å². The van der Waals surface area contributed by atoms with E-state index in [9.17, 15) is 12.8 Å². The highest BCUT2D eigenvalue weighted by molar-refractivity contribution is 9.10. The van der Waals surface area contributed by atoms with E-state index in [1.165, 1.54) is 12.1 Å². The Morgan fingerprint density at radius 3 is 2.65 bits per heavy atom. The maximum absolute atomic E-state index is 14.1. The molecular formula is C12H16BrFN2O2S2. The molecule has 0 amide bonds. The molecule has 0 spiro atoms. The van der Waals surface area contributed by atoms with E-state index < -0.39 is 15.8 Å². The predicted molar refractivity (Wildman–Crippen MR) is 82.7 cm³/mol. The molecular weight excluding hydrogens is 367 g/mol. The van der Waals surface area contributed by atoms with Crippen LogP contribution in [0.15, 0.2) is 21.5 Å². The largest absolute Gasteiger partial charge is 0.326 e. The van der Waals surface area contributed by atoms with Gasteiger partial charge in [-0.25, -0.2) is 17.5 Å². The molecule has 1 aromatic carbocycles. The van der Waals surface area contributed by atoms with Crippen LogP contribution in [0.25, 0.3) is 0 Å². The number of benzene rings is 1. The van der Waals surface area contributed by atoms with Crippen LogP contribution in [0.2, 0.25) is 0 Å². The molecule has 0 heterocycles. The van der Waals surface area contributed by atoms with Crippen LogP contribution in [-0.4, -0.2) is 26.0 Å². The van der Waals surface area contributed by atoms with Gasteiger partial charge in [0, 0.05) is 27.9 Å². The van der Waals surface area contributed by atoms with E-state index in [0.29, 0.717) is 11.0 Å². The van der Waals surface area contributed by atoms with Gasteiger partial charge >= 0.3 is 0 Å². The van der Waals surface area contributed by atoms with Gasteiger partial charge in [0.1, 0.15) is 10.7 Å². The quantitative estimate of drug-likeness (QED) is 0.790. The summed E-state index contributed by atoms with van der Waals surface area (Å²) in [6.07, 6.45) is 3.91. The van der Waals surface area contributed by atoms with Gasteiger partial charge in [-0.15, -0.1) is 0 Å². The standard InChI is InChI=1S/C12H16BrFN2O2S2/c1-19-12(2-3-12)7-16-20(17,18)10-5-9(13)4-8(6-15)11(10)14/h4-5,16H,2-3,6-7,15H2,1H3. The zero-order valence-electron chi connectivity index (χ0n) is 10.9. The molecule has 0 aromatic heterocycles. The first-order valence-electron chi connectivity index (χ1n) is 6.06. The number of halogens is 2. The molecule has 0 aliphatic heterocycles. The Balaban J connectivity index is 2.27. The van der Waals surface area contributed by atoms with Crippen molar-refractivity contribution < 1.29 is 12.8 Å². The molecule has 0 radical (unpaired) electrons. The predicted octanol–water partition coefficient (Wildman–Crippen LogP) is 2.22. The van der Waals surface area contributed by atoms with Crippen molar-refractivity contribution in [2.45, 2.75) is 29.0 Å². The topological polar surface area (TPSA) is 72.2 Å². The lowest BCUT2D eigenvalue weighted by Crippen LogP contribution is -2.32. The highest BCUT2D eigenvalue weighted by Gasteiger charge is 2.42. The van der Waals surface area contributed by atoms with Crippen LogP contribution in [0.1, 0.15) is 18.4 Å². The summed E-state index contributed by atoms with van der Waals surface area (Å²) < 4.78 is 41.6. The van der Waals surface area contributed by atoms with Crippen molar-refractivity contribution >= 4 is 37.7 Å². The molecule has 1 fully saturated rings. The fraction of sp³-hybridized carbons (Fsp3) is 0.500. The number of nitrogens with two attached hydrogens (primary N) is 1. The Morgan fingerprint density at radius 2 is 2.15 bits per heavy atom. The molecule has 20 heavy (non-hydrogen) atoms. The minimum atomic E-state index is -3.87. The molecule has 0 atom stereocenters. The average molecular weight is 383 g/mol. The minimum Gasteiger partial charge on any atom is -0.326 e. The van der Waals surface area contributed by atoms with Gasteiger partial charge in [0.25, 0.3) is 0 Å². The lowest BCUT2D eigenvalue weighted by atomic mass is 10.2. The summed E-state index contributed by atoms with van der Waals surface area (Å²) in [5, 5.41) is 0. The highest BCUT2D eigenvalue weighted by Crippen LogP contribution is 2.46. The third-order valence-corrected chi connectivity index (χ3v) is 6.69. The summed E-state index contributed by atoms with van der Waals surface area (Å²) in [5.41, 5.74) is 5.60. The second-order valence-corrected chi connectivity index (χ2v) is 8.72. The lowest BCUT2D eigenvalue weighted by molar-refractivity contribution is 0.548. The fourth-order valence-electron chi connectivity index (χ4n) is 1.86. The maximum Gasteiger partial charge on any atom is 0.243 e. The van der Waals surface area contributed by atoms with Gasteiger partial charge in [-0.05, 0) is 31.2 Å². The second-order valence-electron chi connectivity index (χ2n) is 4.79. The molecule has 8 heteroatoms. The van der Waals surface area contributed by atoms with E-state index in [2.05, 4.69) is 20.7 Å². The summed E-state index contributed by atoms with van der Waals surface area (Å²) in [6, 6.07) is 2.74. The average Bonchev–Trinajstić information content (AvgIpc) is 3.19. The van der Waals surface area contributed by atoms with Gasteiger partial charge < -0.3 is 5.73 Å². The van der Waals surface area contributed by atoms with Crippen molar-refractivity contribution in [1.82, 2.24) is 4.72 Å². The first kappa shape index (κ1) is 16.2. The first-order chi connectivity index (χ1) is 9.33. The number of hydrogen-bond donors (Lipinski definition) is 2. The molecule has 1 aliphatic carbocycles. The maximum atomic E-state index is 14.1. The third-order valence-electron chi connectivity index (χ3n) is 3.41. The number of thioether (sulfide) groups is 1. The number of rotatable bonds is 6. The molecule has 1 aliphatic rings. The summed E-state index contributed by atoms with van der Waals surface area (Å²) in [6.45, 7) is 0.267. The van der Waals surface area contributed by atoms with Gasteiger partial charge in [-0.3, -0.25) is 0 Å². The highest BCUT2D eigenvalue weighted by atomic mass is 79.9. The van der Waals surface area contributed by atoms with Gasteiger partial charge in [-0.1, -0.05) is 15.9 Å². The van der Waals surface area contributed by atoms with E-state index in [1.807, 2.05) is 6.26 Å². The van der Waals surface area contributed by atoms with Crippen LogP contribution >= 0.6 is 27.7 Å². The van der Waals surface area contributed by atoms with Gasteiger partial charge in [-0.2, -0.15) is 11.8 Å². The smallest absolute Gasteiger partial charge is 0.243 e. The minimum absolute atomic E-state index is 0.0216. The van der Waals surface area contributed by atoms with Crippen LogP contribution in [0.4, 0.5) is 4.39 Å². The molecule has 2 rings (SSSR count). The van der Waals surface area contributed by atoms with Crippen molar-refractivity contribution in [1.29, 1.82) is 0 Å². The van der Waals surface area contributed by atoms with E-state index >= 15 is 0 Å². The first-order valence-corrected chi connectivity index (χ1v) is 9.56. The van der Waals surface area contributed by atoms with E-state index in [1.54, 1.807) is 11.8 Å². The zero-order valence-corrected chi connectivity index (χ0v) is 14.2. The normalized spacial score (nSPS) is 17.2. The molecule has 112 valence electrons. The van der Waals surface area contributed by atoms with Gasteiger partial charge in [0.2, 0.25) is 10.0 Å². The summed E-state index contributed by atoms with van der Waals surface area (Å²) in [4.78, 5) is -0.357. The van der Waals surface area contributed by atoms with E-state index in [-0.39, 0.29) is 21.8 Å². The third kappa shape index (κ3) is 3.36. The zero-order chi connectivity index (χ0) is 15.0. The summed E-state index contributed by atoms with van der Waals surface area (Å²) >= 11 is 4.82. The van der Waals surface area contributed by atoms with Gasteiger partial charge in [0.15, 0.2) is 0 Å². The van der Waals surface area contributed by atoms with Crippen LogP contribution in [0, 0.1) is 5.82 Å². The number of hydrogen-bond acceptors (Lipinski definition) is 4. The van der Waals surface area contributed by atoms with E-state index in [0.717, 1.165) is 12.8 Å². The van der Waals surface area contributed by atoms with Crippen molar-refractivity contribution in [3.8, 4) is 0 Å². The Labute approximate surface area is 130 Å². The summed E-state index contributed by atoms with van der Waals surface area (Å²) in [7, 11) is -3.87. The Morgan fingerprint density at radius 1 is 1.50 bits per heavy atom. The van der Waals surface area contributed by atoms with Crippen molar-refractivity contribution in [2.24, 2.45) is 5.73 Å². The Bertz CT molecular complexity index is 618.